The van der Waals surface area contributed by atoms with Gasteiger partial charge in [0, 0.05) is 13.6 Å². The molecular weight excluding hydrogens is 288 g/mol. The standard InChI is InChI=1S/C15H20N2O3S/c1-17(12-15(18)9-2-3-10-15)21(19,20)14-6-4-13(5-7-14)8-11-16/h4-7,18H,2-3,8-10,12H2,1H3. The van der Waals surface area contributed by atoms with Crippen LogP contribution in [0.5, 0.6) is 0 Å². The van der Waals surface area contributed by atoms with Gasteiger partial charge in [-0.05, 0) is 30.5 Å². The molecular formula is C15H20N2O3S. The second-order valence-corrected chi connectivity index (χ2v) is 7.72. The zero-order valence-corrected chi connectivity index (χ0v) is 12.9. The molecule has 0 aliphatic heterocycles. The Kier molecular flexibility index (Phi) is 4.67. The fourth-order valence-electron chi connectivity index (χ4n) is 2.74. The predicted octanol–water partition coefficient (Wildman–Crippen LogP) is 1.68. The van der Waals surface area contributed by atoms with E-state index in [0.29, 0.717) is 12.8 Å². The molecule has 1 N–H and O–H groups in total. The topological polar surface area (TPSA) is 81.4 Å². The summed E-state index contributed by atoms with van der Waals surface area (Å²) < 4.78 is 26.2. The molecule has 0 heterocycles. The van der Waals surface area contributed by atoms with Gasteiger partial charge >= 0.3 is 0 Å². The van der Waals surface area contributed by atoms with E-state index in [9.17, 15) is 13.5 Å². The van der Waals surface area contributed by atoms with Crippen LogP contribution in [0, 0.1) is 11.3 Å². The Morgan fingerprint density at radius 2 is 1.86 bits per heavy atom. The van der Waals surface area contributed by atoms with Crippen molar-refractivity contribution in [3.05, 3.63) is 29.8 Å². The Labute approximate surface area is 125 Å². The molecule has 1 aromatic carbocycles. The largest absolute Gasteiger partial charge is 0.389 e. The number of hydrogen-bond acceptors (Lipinski definition) is 4. The molecule has 6 heteroatoms. The van der Waals surface area contributed by atoms with Gasteiger partial charge in [-0.15, -0.1) is 0 Å². The minimum Gasteiger partial charge on any atom is -0.389 e. The van der Waals surface area contributed by atoms with Gasteiger partial charge in [0.2, 0.25) is 10.0 Å². The van der Waals surface area contributed by atoms with Crippen molar-refractivity contribution in [3.8, 4) is 6.07 Å². The maximum absolute atomic E-state index is 12.5. The summed E-state index contributed by atoms with van der Waals surface area (Å²) in [5.74, 6) is 0. The first-order valence-electron chi connectivity index (χ1n) is 7.02. The first-order valence-corrected chi connectivity index (χ1v) is 8.46. The third-order valence-electron chi connectivity index (χ3n) is 3.97. The van der Waals surface area contributed by atoms with Crippen molar-refractivity contribution in [2.75, 3.05) is 13.6 Å². The highest BCUT2D eigenvalue weighted by molar-refractivity contribution is 7.89. The molecule has 2 rings (SSSR count). The molecule has 114 valence electrons. The maximum Gasteiger partial charge on any atom is 0.242 e. The van der Waals surface area contributed by atoms with E-state index in [2.05, 4.69) is 0 Å². The highest BCUT2D eigenvalue weighted by atomic mass is 32.2. The Morgan fingerprint density at radius 1 is 1.29 bits per heavy atom. The summed E-state index contributed by atoms with van der Waals surface area (Å²) in [5.41, 5.74) is -0.115. The third kappa shape index (κ3) is 3.62. The highest BCUT2D eigenvalue weighted by Crippen LogP contribution is 2.31. The van der Waals surface area contributed by atoms with Crippen molar-refractivity contribution in [2.24, 2.45) is 0 Å². The number of sulfonamides is 1. The lowest BCUT2D eigenvalue weighted by Crippen LogP contribution is -2.41. The smallest absolute Gasteiger partial charge is 0.242 e. The van der Waals surface area contributed by atoms with Crippen LogP contribution in [0.15, 0.2) is 29.2 Å². The van der Waals surface area contributed by atoms with Gasteiger partial charge in [0.15, 0.2) is 0 Å². The van der Waals surface area contributed by atoms with Crippen LogP contribution >= 0.6 is 0 Å². The van der Waals surface area contributed by atoms with Crippen LogP contribution in [0.3, 0.4) is 0 Å². The summed E-state index contributed by atoms with van der Waals surface area (Å²) in [6.07, 6.45) is 3.43. The lowest BCUT2D eigenvalue weighted by atomic mass is 10.0. The summed E-state index contributed by atoms with van der Waals surface area (Å²) in [4.78, 5) is 0.188. The van der Waals surface area contributed by atoms with E-state index in [1.54, 1.807) is 12.1 Å². The zero-order valence-electron chi connectivity index (χ0n) is 12.1. The molecule has 1 aliphatic carbocycles. The molecule has 0 radical (unpaired) electrons. The van der Waals surface area contributed by atoms with Crippen molar-refractivity contribution in [1.82, 2.24) is 4.31 Å². The van der Waals surface area contributed by atoms with Crippen LogP contribution in [-0.4, -0.2) is 37.0 Å². The van der Waals surface area contributed by atoms with Crippen LogP contribution in [0.2, 0.25) is 0 Å². The molecule has 0 aromatic heterocycles. The number of benzene rings is 1. The molecule has 1 fully saturated rings. The molecule has 0 unspecified atom stereocenters. The molecule has 0 atom stereocenters. The summed E-state index contributed by atoms with van der Waals surface area (Å²) in [6, 6.07) is 8.34. The first-order chi connectivity index (χ1) is 9.87. The van der Waals surface area contributed by atoms with Crippen LogP contribution in [0.1, 0.15) is 31.2 Å². The van der Waals surface area contributed by atoms with E-state index in [1.807, 2.05) is 6.07 Å². The average molecular weight is 308 g/mol. The number of likely N-dealkylation sites (N-methyl/N-ethyl adjacent to an activating group) is 1. The molecule has 0 bridgehead atoms. The van der Waals surface area contributed by atoms with E-state index < -0.39 is 15.6 Å². The van der Waals surface area contributed by atoms with Gasteiger partial charge in [-0.1, -0.05) is 25.0 Å². The molecule has 0 saturated heterocycles. The molecule has 1 aromatic rings. The minimum absolute atomic E-state index is 0.120. The van der Waals surface area contributed by atoms with Crippen LogP contribution in [-0.2, 0) is 16.4 Å². The molecule has 5 nitrogen and oxygen atoms in total. The van der Waals surface area contributed by atoms with E-state index >= 15 is 0 Å². The third-order valence-corrected chi connectivity index (χ3v) is 5.78. The number of rotatable bonds is 5. The Morgan fingerprint density at radius 3 is 2.38 bits per heavy atom. The fourth-order valence-corrected chi connectivity index (χ4v) is 3.99. The number of aliphatic hydroxyl groups is 1. The van der Waals surface area contributed by atoms with Gasteiger partial charge in [-0.3, -0.25) is 0 Å². The molecule has 0 spiro atoms. The van der Waals surface area contributed by atoms with Crippen LogP contribution in [0.25, 0.3) is 0 Å². The lowest BCUT2D eigenvalue weighted by Gasteiger charge is -2.28. The summed E-state index contributed by atoms with van der Waals surface area (Å²) in [5, 5.41) is 19.0. The van der Waals surface area contributed by atoms with Crippen molar-refractivity contribution >= 4 is 10.0 Å². The molecule has 1 aliphatic rings. The van der Waals surface area contributed by atoms with Gasteiger partial charge in [0.1, 0.15) is 0 Å². The molecule has 0 amide bonds. The summed E-state index contributed by atoms with van der Waals surface area (Å²) in [7, 11) is -2.11. The summed E-state index contributed by atoms with van der Waals surface area (Å²) >= 11 is 0. The zero-order chi connectivity index (χ0) is 15.5. The van der Waals surface area contributed by atoms with Crippen molar-refractivity contribution in [1.29, 1.82) is 5.26 Å². The van der Waals surface area contributed by atoms with Crippen LogP contribution < -0.4 is 0 Å². The number of hydrogen-bond donors (Lipinski definition) is 1. The van der Waals surface area contributed by atoms with Gasteiger partial charge in [-0.2, -0.15) is 9.57 Å². The second kappa shape index (κ2) is 6.14. The van der Waals surface area contributed by atoms with Crippen molar-refractivity contribution in [3.63, 3.8) is 0 Å². The highest BCUT2D eigenvalue weighted by Gasteiger charge is 2.35. The van der Waals surface area contributed by atoms with E-state index in [0.717, 1.165) is 18.4 Å². The Hall–Kier alpha value is -1.42. The monoisotopic (exact) mass is 308 g/mol. The van der Waals surface area contributed by atoms with Crippen molar-refractivity contribution < 1.29 is 13.5 Å². The Balaban J connectivity index is 2.15. The van der Waals surface area contributed by atoms with E-state index in [4.69, 9.17) is 5.26 Å². The SMILES string of the molecule is CN(CC1(O)CCCC1)S(=O)(=O)c1ccc(CC#N)cc1. The van der Waals surface area contributed by atoms with Crippen molar-refractivity contribution in [2.45, 2.75) is 42.6 Å². The maximum atomic E-state index is 12.5. The number of nitrogens with zero attached hydrogens (tertiary/aromatic N) is 2. The normalized spacial score (nSPS) is 17.8. The van der Waals surface area contributed by atoms with Gasteiger partial charge in [0.05, 0.1) is 23.0 Å². The Bertz CT molecular complexity index is 626. The van der Waals surface area contributed by atoms with Gasteiger partial charge in [-0.25, -0.2) is 8.42 Å². The molecule has 21 heavy (non-hydrogen) atoms. The fraction of sp³-hybridized carbons (Fsp3) is 0.533. The number of nitriles is 1. The quantitative estimate of drug-likeness (QED) is 0.897. The lowest BCUT2D eigenvalue weighted by molar-refractivity contribution is 0.0333. The predicted molar refractivity (Wildman–Crippen MR) is 79.0 cm³/mol. The molecule has 1 saturated carbocycles. The van der Waals surface area contributed by atoms with Gasteiger partial charge in [0.25, 0.3) is 0 Å². The second-order valence-electron chi connectivity index (χ2n) is 5.67. The van der Waals surface area contributed by atoms with Gasteiger partial charge < -0.3 is 5.11 Å². The van der Waals surface area contributed by atoms with E-state index in [-0.39, 0.29) is 17.9 Å². The minimum atomic E-state index is -3.61. The average Bonchev–Trinajstić information content (AvgIpc) is 2.86. The van der Waals surface area contributed by atoms with Crippen LogP contribution in [0.4, 0.5) is 0 Å². The summed E-state index contributed by atoms with van der Waals surface area (Å²) in [6.45, 7) is 0.120. The first kappa shape index (κ1) is 16.0. The van der Waals surface area contributed by atoms with E-state index in [1.165, 1.54) is 23.5 Å².